The van der Waals surface area contributed by atoms with Crippen molar-refractivity contribution in [2.75, 3.05) is 25.5 Å². The first-order valence-corrected chi connectivity index (χ1v) is 5.98. The monoisotopic (exact) mass is 265 g/mol. The lowest BCUT2D eigenvalue weighted by Crippen LogP contribution is -2.30. The van der Waals surface area contributed by atoms with Crippen LogP contribution in [0, 0.1) is 16.0 Å². The van der Waals surface area contributed by atoms with E-state index in [0.717, 1.165) is 6.42 Å². The molecule has 1 saturated heterocycles. The maximum atomic E-state index is 11.9. The van der Waals surface area contributed by atoms with Gasteiger partial charge < -0.3 is 15.8 Å². The number of nitrogens with one attached hydrogen (secondary N) is 1. The number of hydrogen-bond donors (Lipinski definition) is 2. The van der Waals surface area contributed by atoms with Crippen molar-refractivity contribution in [1.29, 1.82) is 0 Å². The standard InChI is InChI=1S/C12H15N3O4/c13-11-2-1-9(15(17)18)5-10(11)12(16)14-6-8-3-4-19-7-8/h1-2,5,8H,3-4,6-7,13H2,(H,14,16). The van der Waals surface area contributed by atoms with Gasteiger partial charge in [-0.3, -0.25) is 14.9 Å². The van der Waals surface area contributed by atoms with Gasteiger partial charge in [-0.2, -0.15) is 0 Å². The Kier molecular flexibility index (Phi) is 3.96. The lowest BCUT2D eigenvalue weighted by Gasteiger charge is -2.10. The van der Waals surface area contributed by atoms with Gasteiger partial charge in [-0.05, 0) is 12.5 Å². The predicted molar refractivity (Wildman–Crippen MR) is 68.8 cm³/mol. The highest BCUT2D eigenvalue weighted by Crippen LogP contribution is 2.19. The molecule has 0 bridgehead atoms. The van der Waals surface area contributed by atoms with Crippen molar-refractivity contribution in [1.82, 2.24) is 5.32 Å². The number of anilines is 1. The molecule has 0 radical (unpaired) electrons. The normalized spacial score (nSPS) is 18.2. The number of nitrogens with zero attached hydrogens (tertiary/aromatic N) is 1. The van der Waals surface area contributed by atoms with Gasteiger partial charge in [0.25, 0.3) is 11.6 Å². The van der Waals surface area contributed by atoms with Crippen LogP contribution in [0.2, 0.25) is 0 Å². The molecule has 1 aromatic carbocycles. The molecule has 1 heterocycles. The number of benzene rings is 1. The number of nitro benzene ring substituents is 1. The molecular weight excluding hydrogens is 250 g/mol. The summed E-state index contributed by atoms with van der Waals surface area (Å²) in [5.74, 6) is -0.100. The largest absolute Gasteiger partial charge is 0.398 e. The quantitative estimate of drug-likeness (QED) is 0.478. The fraction of sp³-hybridized carbons (Fsp3) is 0.417. The first-order valence-electron chi connectivity index (χ1n) is 5.98. The first kappa shape index (κ1) is 13.3. The van der Waals surface area contributed by atoms with Gasteiger partial charge in [0.15, 0.2) is 0 Å². The first-order chi connectivity index (χ1) is 9.08. The Morgan fingerprint density at radius 3 is 3.00 bits per heavy atom. The molecule has 1 fully saturated rings. The number of nitrogens with two attached hydrogens (primary N) is 1. The third kappa shape index (κ3) is 3.19. The summed E-state index contributed by atoms with van der Waals surface area (Å²) >= 11 is 0. The fourth-order valence-electron chi connectivity index (χ4n) is 1.93. The van der Waals surface area contributed by atoms with E-state index in [4.69, 9.17) is 10.5 Å². The van der Waals surface area contributed by atoms with Crippen molar-refractivity contribution in [2.24, 2.45) is 5.92 Å². The van der Waals surface area contributed by atoms with Crippen LogP contribution in [0.4, 0.5) is 11.4 Å². The zero-order chi connectivity index (χ0) is 13.8. The highest BCUT2D eigenvalue weighted by atomic mass is 16.6. The average molecular weight is 265 g/mol. The Labute approximate surface area is 109 Å². The van der Waals surface area contributed by atoms with Crippen LogP contribution in [-0.4, -0.2) is 30.6 Å². The van der Waals surface area contributed by atoms with E-state index in [9.17, 15) is 14.9 Å². The number of non-ortho nitro benzene ring substituents is 1. The van der Waals surface area contributed by atoms with E-state index in [-0.39, 0.29) is 16.9 Å². The highest BCUT2D eigenvalue weighted by molar-refractivity contribution is 5.99. The van der Waals surface area contributed by atoms with Crippen LogP contribution < -0.4 is 11.1 Å². The van der Waals surface area contributed by atoms with Crippen LogP contribution in [0.3, 0.4) is 0 Å². The van der Waals surface area contributed by atoms with Gasteiger partial charge in [0, 0.05) is 36.9 Å². The number of carbonyl (C=O) groups is 1. The molecule has 1 atom stereocenters. The third-order valence-electron chi connectivity index (χ3n) is 3.07. The maximum absolute atomic E-state index is 11.9. The lowest BCUT2D eigenvalue weighted by atomic mass is 10.1. The second kappa shape index (κ2) is 5.66. The van der Waals surface area contributed by atoms with Gasteiger partial charge in [0.1, 0.15) is 0 Å². The second-order valence-electron chi connectivity index (χ2n) is 4.47. The van der Waals surface area contributed by atoms with Gasteiger partial charge in [0.05, 0.1) is 17.1 Å². The molecule has 3 N–H and O–H groups in total. The second-order valence-corrected chi connectivity index (χ2v) is 4.47. The maximum Gasteiger partial charge on any atom is 0.270 e. The van der Waals surface area contributed by atoms with Crippen molar-refractivity contribution in [2.45, 2.75) is 6.42 Å². The Hall–Kier alpha value is -2.15. The molecule has 1 unspecified atom stereocenters. The fourth-order valence-corrected chi connectivity index (χ4v) is 1.93. The van der Waals surface area contributed by atoms with Crippen molar-refractivity contribution >= 4 is 17.3 Å². The number of nitro groups is 1. The summed E-state index contributed by atoms with van der Waals surface area (Å²) in [6, 6.07) is 3.83. The van der Waals surface area contributed by atoms with Gasteiger partial charge in [-0.15, -0.1) is 0 Å². The van der Waals surface area contributed by atoms with Crippen LogP contribution >= 0.6 is 0 Å². The number of carbonyl (C=O) groups excluding carboxylic acids is 1. The Morgan fingerprint density at radius 1 is 1.58 bits per heavy atom. The van der Waals surface area contributed by atoms with E-state index in [2.05, 4.69) is 5.32 Å². The molecule has 0 spiro atoms. The van der Waals surface area contributed by atoms with E-state index in [1.165, 1.54) is 18.2 Å². The number of amides is 1. The van der Waals surface area contributed by atoms with E-state index < -0.39 is 10.8 Å². The summed E-state index contributed by atoms with van der Waals surface area (Å²) in [5, 5.41) is 13.4. The van der Waals surface area contributed by atoms with Crippen LogP contribution in [0.5, 0.6) is 0 Å². The third-order valence-corrected chi connectivity index (χ3v) is 3.07. The van der Waals surface area contributed by atoms with E-state index >= 15 is 0 Å². The van der Waals surface area contributed by atoms with Crippen LogP contribution in [-0.2, 0) is 4.74 Å². The molecule has 1 aromatic rings. The molecule has 2 rings (SSSR count). The average Bonchev–Trinajstić information content (AvgIpc) is 2.89. The van der Waals surface area contributed by atoms with Gasteiger partial charge in [-0.25, -0.2) is 0 Å². The summed E-state index contributed by atoms with van der Waals surface area (Å²) in [7, 11) is 0. The van der Waals surface area contributed by atoms with Crippen LogP contribution in [0.15, 0.2) is 18.2 Å². The highest BCUT2D eigenvalue weighted by Gasteiger charge is 2.19. The van der Waals surface area contributed by atoms with Crippen molar-refractivity contribution in [3.05, 3.63) is 33.9 Å². The number of rotatable bonds is 4. The zero-order valence-corrected chi connectivity index (χ0v) is 10.3. The number of hydrogen-bond acceptors (Lipinski definition) is 5. The smallest absolute Gasteiger partial charge is 0.270 e. The number of nitrogen functional groups attached to an aromatic ring is 1. The summed E-state index contributed by atoms with van der Waals surface area (Å²) in [5.41, 5.74) is 5.88. The molecule has 1 aliphatic rings. The SMILES string of the molecule is Nc1ccc([N+](=O)[O-])cc1C(=O)NCC1CCOC1. The summed E-state index contributed by atoms with van der Waals surface area (Å²) in [6.45, 7) is 1.82. The van der Waals surface area contributed by atoms with Crippen LogP contribution in [0.1, 0.15) is 16.8 Å². The molecule has 1 aliphatic heterocycles. The molecular formula is C12H15N3O4. The minimum Gasteiger partial charge on any atom is -0.398 e. The van der Waals surface area contributed by atoms with Crippen LogP contribution in [0.25, 0.3) is 0 Å². The Morgan fingerprint density at radius 2 is 2.37 bits per heavy atom. The Balaban J connectivity index is 2.04. The minimum atomic E-state index is -0.555. The molecule has 0 aliphatic carbocycles. The summed E-state index contributed by atoms with van der Waals surface area (Å²) in [4.78, 5) is 22.1. The van der Waals surface area contributed by atoms with Crippen molar-refractivity contribution in [3.63, 3.8) is 0 Å². The topological polar surface area (TPSA) is 107 Å². The predicted octanol–water partition coefficient (Wildman–Crippen LogP) is 0.943. The zero-order valence-electron chi connectivity index (χ0n) is 10.3. The van der Waals surface area contributed by atoms with Gasteiger partial charge in [-0.1, -0.05) is 0 Å². The summed E-state index contributed by atoms with van der Waals surface area (Å²) < 4.78 is 5.20. The van der Waals surface area contributed by atoms with Crippen molar-refractivity contribution < 1.29 is 14.5 Å². The molecule has 7 nitrogen and oxygen atoms in total. The lowest BCUT2D eigenvalue weighted by molar-refractivity contribution is -0.384. The van der Waals surface area contributed by atoms with Gasteiger partial charge in [0.2, 0.25) is 0 Å². The van der Waals surface area contributed by atoms with E-state index in [1.54, 1.807) is 0 Å². The van der Waals surface area contributed by atoms with E-state index in [1.807, 2.05) is 0 Å². The molecule has 102 valence electrons. The van der Waals surface area contributed by atoms with Crippen molar-refractivity contribution in [3.8, 4) is 0 Å². The Bertz CT molecular complexity index is 498. The molecule has 1 amide bonds. The molecule has 0 aromatic heterocycles. The molecule has 7 heteroatoms. The molecule has 0 saturated carbocycles. The number of ether oxygens (including phenoxy) is 1. The molecule has 19 heavy (non-hydrogen) atoms. The minimum absolute atomic E-state index is 0.133. The summed E-state index contributed by atoms with van der Waals surface area (Å²) in [6.07, 6.45) is 0.907. The van der Waals surface area contributed by atoms with E-state index in [0.29, 0.717) is 25.7 Å². The van der Waals surface area contributed by atoms with Gasteiger partial charge >= 0.3 is 0 Å².